The molecule has 41 heavy (non-hydrogen) atoms. The van der Waals surface area contributed by atoms with Crippen LogP contribution in [0.15, 0.2) is 0 Å². The molecule has 0 saturated carbocycles. The average Bonchev–Trinajstić information content (AvgIpc) is 2.80. The third kappa shape index (κ3) is 21.9. The predicted octanol–water partition coefficient (Wildman–Crippen LogP) is 8.57. The highest BCUT2D eigenvalue weighted by Gasteiger charge is 2.45. The SMILES string of the molecule is C.CC(C)CC(C)C.CC(C)N1CCOC[C@@H]1C(F)(F)F.CC(C)N1CCS(=O)(=O)[C@@H](C)C1.CC[C@H](C)CC(C)C. The Labute approximate surface area is 254 Å². The fourth-order valence-corrected chi connectivity index (χ4v) is 6.19. The van der Waals surface area contributed by atoms with Crippen molar-refractivity contribution in [3.05, 3.63) is 0 Å². The predicted molar refractivity (Wildman–Crippen MR) is 172 cm³/mol. The summed E-state index contributed by atoms with van der Waals surface area (Å²) in [5, 5.41) is -0.186. The van der Waals surface area contributed by atoms with Gasteiger partial charge in [0, 0.05) is 31.7 Å². The van der Waals surface area contributed by atoms with Gasteiger partial charge in [0.1, 0.15) is 6.04 Å². The minimum atomic E-state index is -4.18. The summed E-state index contributed by atoms with van der Waals surface area (Å²) in [6.07, 6.45) is -0.0978. The van der Waals surface area contributed by atoms with E-state index < -0.39 is 22.1 Å². The normalized spacial score (nSPS) is 22.3. The van der Waals surface area contributed by atoms with Gasteiger partial charge >= 0.3 is 6.18 Å². The van der Waals surface area contributed by atoms with Crippen LogP contribution in [0.25, 0.3) is 0 Å². The van der Waals surface area contributed by atoms with Gasteiger partial charge in [-0.3, -0.25) is 9.80 Å². The van der Waals surface area contributed by atoms with Gasteiger partial charge in [-0.15, -0.1) is 0 Å². The summed E-state index contributed by atoms with van der Waals surface area (Å²) < 4.78 is 64.8. The van der Waals surface area contributed by atoms with Crippen LogP contribution in [0.3, 0.4) is 0 Å². The van der Waals surface area contributed by atoms with Crippen LogP contribution in [0.5, 0.6) is 0 Å². The van der Waals surface area contributed by atoms with E-state index in [4.69, 9.17) is 4.74 Å². The van der Waals surface area contributed by atoms with Gasteiger partial charge in [0.05, 0.1) is 24.2 Å². The number of ether oxygens (including phenoxy) is 1. The molecule has 0 amide bonds. The molecule has 0 aliphatic carbocycles. The van der Waals surface area contributed by atoms with Crippen molar-refractivity contribution in [2.24, 2.45) is 23.7 Å². The van der Waals surface area contributed by atoms with Crippen LogP contribution in [0.1, 0.15) is 117 Å². The Morgan fingerprint density at radius 3 is 1.59 bits per heavy atom. The quantitative estimate of drug-likeness (QED) is 0.286. The number of rotatable bonds is 7. The van der Waals surface area contributed by atoms with E-state index in [1.54, 1.807) is 20.8 Å². The lowest BCUT2D eigenvalue weighted by Crippen LogP contribution is -2.55. The molecule has 2 saturated heterocycles. The maximum absolute atomic E-state index is 12.4. The fraction of sp³-hybridized carbons (Fsp3) is 1.00. The molecule has 0 bridgehead atoms. The molecule has 0 N–H and O–H groups in total. The van der Waals surface area contributed by atoms with Crippen LogP contribution in [-0.2, 0) is 14.6 Å². The van der Waals surface area contributed by atoms with Crippen molar-refractivity contribution in [1.29, 1.82) is 0 Å². The van der Waals surface area contributed by atoms with Gasteiger partial charge in [-0.25, -0.2) is 8.42 Å². The third-order valence-corrected chi connectivity index (χ3v) is 9.35. The zero-order valence-electron chi connectivity index (χ0n) is 28.1. The summed E-state index contributed by atoms with van der Waals surface area (Å²) in [5.74, 6) is 3.88. The Bertz CT molecular complexity index is 720. The van der Waals surface area contributed by atoms with E-state index in [-0.39, 0.29) is 25.3 Å². The second kappa shape index (κ2) is 22.2. The molecule has 5 nitrogen and oxygen atoms in total. The van der Waals surface area contributed by atoms with Crippen LogP contribution < -0.4 is 0 Å². The second-order valence-corrected chi connectivity index (χ2v) is 15.9. The molecule has 0 aromatic rings. The van der Waals surface area contributed by atoms with Crippen LogP contribution in [0.2, 0.25) is 0 Å². The van der Waals surface area contributed by atoms with E-state index in [0.717, 1.165) is 23.7 Å². The van der Waals surface area contributed by atoms with E-state index in [0.29, 0.717) is 38.0 Å². The number of sulfone groups is 1. The van der Waals surface area contributed by atoms with Gasteiger partial charge in [0.2, 0.25) is 0 Å². The largest absolute Gasteiger partial charge is 0.406 e. The fourth-order valence-electron chi connectivity index (χ4n) is 4.88. The number of halogens is 3. The van der Waals surface area contributed by atoms with Crippen molar-refractivity contribution in [2.45, 2.75) is 146 Å². The van der Waals surface area contributed by atoms with Crippen molar-refractivity contribution in [3.63, 3.8) is 0 Å². The molecule has 9 heteroatoms. The van der Waals surface area contributed by atoms with Gasteiger partial charge in [-0.05, 0) is 71.1 Å². The molecule has 2 heterocycles. The van der Waals surface area contributed by atoms with Crippen molar-refractivity contribution in [1.82, 2.24) is 9.80 Å². The maximum Gasteiger partial charge on any atom is 0.406 e. The average molecular weight is 619 g/mol. The number of hydrogen-bond donors (Lipinski definition) is 0. The molecule has 2 aliphatic heterocycles. The van der Waals surface area contributed by atoms with E-state index in [2.05, 4.69) is 74.1 Å². The number of morpholine rings is 1. The monoisotopic (exact) mass is 618 g/mol. The molecular formula is C32H69F3N2O3S. The summed E-state index contributed by atoms with van der Waals surface area (Å²) in [5.41, 5.74) is 0. The van der Waals surface area contributed by atoms with Crippen LogP contribution in [-0.4, -0.2) is 86.4 Å². The Kier molecular flexibility index (Phi) is 24.4. The van der Waals surface area contributed by atoms with Gasteiger partial charge < -0.3 is 4.74 Å². The highest BCUT2D eigenvalue weighted by Crippen LogP contribution is 2.28. The first-order valence-electron chi connectivity index (χ1n) is 15.5. The lowest BCUT2D eigenvalue weighted by atomic mass is 9.97. The van der Waals surface area contributed by atoms with E-state index in [9.17, 15) is 21.6 Å². The van der Waals surface area contributed by atoms with Crippen molar-refractivity contribution < 1.29 is 26.3 Å². The molecule has 0 aromatic carbocycles. The second-order valence-electron chi connectivity index (χ2n) is 13.4. The van der Waals surface area contributed by atoms with Gasteiger partial charge in [0.15, 0.2) is 9.84 Å². The van der Waals surface area contributed by atoms with Crippen LogP contribution >= 0.6 is 0 Å². The molecule has 0 radical (unpaired) electrons. The Balaban J connectivity index is -0.000000481. The van der Waals surface area contributed by atoms with Crippen molar-refractivity contribution >= 4 is 9.84 Å². The van der Waals surface area contributed by atoms with Crippen LogP contribution in [0, 0.1) is 23.7 Å². The third-order valence-electron chi connectivity index (χ3n) is 7.22. The number of hydrogen-bond acceptors (Lipinski definition) is 5. The molecule has 0 unspecified atom stereocenters. The summed E-state index contributed by atoms with van der Waals surface area (Å²) in [6.45, 7) is 29.7. The first-order chi connectivity index (χ1) is 18.1. The van der Waals surface area contributed by atoms with E-state index in [1.807, 2.05) is 0 Å². The van der Waals surface area contributed by atoms with Gasteiger partial charge in [0.25, 0.3) is 0 Å². The number of alkyl halides is 3. The highest BCUT2D eigenvalue weighted by atomic mass is 32.2. The van der Waals surface area contributed by atoms with Crippen molar-refractivity contribution in [3.8, 4) is 0 Å². The molecule has 2 rings (SSSR count). The summed E-state index contributed by atoms with van der Waals surface area (Å²) in [6, 6.07) is -1.06. The van der Waals surface area contributed by atoms with Crippen LogP contribution in [0.4, 0.5) is 13.2 Å². The standard InChI is InChI=1S/C8H14F3NO.C8H17NO2S.C8H18.C7H16.CH4/c1-6(2)12-3-4-13-5-7(12)8(9,10)11;1-7(2)9-4-5-12(10,11)8(3)6-9;1-5-8(4)6-7(2)3;1-6(2)5-7(3)4;/h6-7H,3-5H2,1-2H3;7-8H,4-6H2,1-3H3;7-8H,5-6H2,1-4H3;6-7H,5H2,1-4H3;1H4/t7-;2*8-;;/m100../s1. The molecule has 252 valence electrons. The lowest BCUT2D eigenvalue weighted by molar-refractivity contribution is -0.216. The topological polar surface area (TPSA) is 49.9 Å². The van der Waals surface area contributed by atoms with E-state index >= 15 is 0 Å². The zero-order valence-corrected chi connectivity index (χ0v) is 29.0. The van der Waals surface area contributed by atoms with Gasteiger partial charge in [-0.2, -0.15) is 13.2 Å². The number of nitrogens with zero attached hydrogens (tertiary/aromatic N) is 2. The Morgan fingerprint density at radius 2 is 1.32 bits per heavy atom. The van der Waals surface area contributed by atoms with Crippen molar-refractivity contribution in [2.75, 3.05) is 38.6 Å². The summed E-state index contributed by atoms with van der Waals surface area (Å²) in [4.78, 5) is 3.65. The minimum absolute atomic E-state index is 0. The molecule has 0 aromatic heterocycles. The molecule has 3 atom stereocenters. The first kappa shape index (κ1) is 45.1. The maximum atomic E-state index is 12.4. The molecule has 2 aliphatic rings. The molecule has 0 spiro atoms. The first-order valence-corrected chi connectivity index (χ1v) is 17.2. The smallest absolute Gasteiger partial charge is 0.378 e. The summed E-state index contributed by atoms with van der Waals surface area (Å²) in [7, 11) is -2.77. The molecule has 2 fully saturated rings. The van der Waals surface area contributed by atoms with E-state index in [1.165, 1.54) is 24.2 Å². The lowest BCUT2D eigenvalue weighted by Gasteiger charge is -2.39. The zero-order chi connectivity index (χ0) is 31.8. The highest BCUT2D eigenvalue weighted by molar-refractivity contribution is 7.92. The summed E-state index contributed by atoms with van der Waals surface area (Å²) >= 11 is 0. The molecular weight excluding hydrogens is 549 g/mol. The minimum Gasteiger partial charge on any atom is -0.378 e. The Hall–Kier alpha value is -0.380. The van der Waals surface area contributed by atoms with Gasteiger partial charge in [-0.1, -0.05) is 69.2 Å². The Morgan fingerprint density at radius 1 is 0.829 bits per heavy atom.